The molecular weight excluding hydrogens is 270 g/mol. The fourth-order valence-corrected chi connectivity index (χ4v) is 2.58. The summed E-state index contributed by atoms with van der Waals surface area (Å²) in [5.41, 5.74) is 5.77. The van der Waals surface area contributed by atoms with E-state index in [1.54, 1.807) is 0 Å². The summed E-state index contributed by atoms with van der Waals surface area (Å²) >= 11 is 0. The Bertz CT molecular complexity index is 777. The van der Waals surface area contributed by atoms with Crippen LogP contribution in [0.15, 0.2) is 48.8 Å². The van der Waals surface area contributed by atoms with Crippen molar-refractivity contribution in [2.24, 2.45) is 0 Å². The largest absolute Gasteiger partial charge is 0.384 e. The Labute approximate surface area is 132 Å². The fourth-order valence-electron chi connectivity index (χ4n) is 2.58. The third kappa shape index (κ3) is 2.84. The molecule has 0 amide bonds. The van der Waals surface area contributed by atoms with Gasteiger partial charge in [-0.2, -0.15) is 0 Å². The predicted octanol–water partition coefficient (Wildman–Crippen LogP) is 4.73. The van der Waals surface area contributed by atoms with Crippen LogP contribution >= 0.6 is 0 Å². The highest BCUT2D eigenvalue weighted by Crippen LogP contribution is 2.26. The minimum atomic E-state index is 0.179. The molecule has 0 aliphatic carbocycles. The Morgan fingerprint density at radius 3 is 2.36 bits per heavy atom. The molecule has 2 heterocycles. The number of hydrogen-bond acceptors (Lipinski definition) is 2. The summed E-state index contributed by atoms with van der Waals surface area (Å²) in [6.07, 6.45) is 4.17. The number of anilines is 1. The summed E-state index contributed by atoms with van der Waals surface area (Å²) in [7, 11) is 0. The third-order valence-electron chi connectivity index (χ3n) is 3.88. The van der Waals surface area contributed by atoms with Gasteiger partial charge in [0.1, 0.15) is 5.65 Å². The second-order valence-corrected chi connectivity index (χ2v) is 6.67. The van der Waals surface area contributed by atoms with E-state index in [1.165, 1.54) is 5.56 Å². The summed E-state index contributed by atoms with van der Waals surface area (Å²) in [4.78, 5) is 4.71. The van der Waals surface area contributed by atoms with Gasteiger partial charge in [-0.1, -0.05) is 45.0 Å². The molecule has 3 rings (SSSR count). The van der Waals surface area contributed by atoms with Crippen LogP contribution in [0.1, 0.15) is 33.3 Å². The Hall–Kier alpha value is -2.29. The van der Waals surface area contributed by atoms with Gasteiger partial charge in [0.25, 0.3) is 0 Å². The van der Waals surface area contributed by atoms with Crippen molar-refractivity contribution in [1.29, 1.82) is 0 Å². The van der Waals surface area contributed by atoms with E-state index in [0.29, 0.717) is 0 Å². The van der Waals surface area contributed by atoms with Gasteiger partial charge in [-0.05, 0) is 30.0 Å². The van der Waals surface area contributed by atoms with Crippen LogP contribution in [0.5, 0.6) is 0 Å². The highest BCUT2D eigenvalue weighted by Gasteiger charge is 2.13. The summed E-state index contributed by atoms with van der Waals surface area (Å²) in [5, 5.41) is 3.32. The zero-order valence-corrected chi connectivity index (χ0v) is 13.7. The van der Waals surface area contributed by atoms with E-state index < -0.39 is 0 Å². The predicted molar refractivity (Wildman–Crippen MR) is 93.5 cm³/mol. The molecule has 3 nitrogen and oxygen atoms in total. The Kier molecular flexibility index (Phi) is 3.65. The molecule has 3 heteroatoms. The second kappa shape index (κ2) is 5.48. The summed E-state index contributed by atoms with van der Waals surface area (Å²) in [5.74, 6) is 0. The molecule has 0 saturated heterocycles. The first kappa shape index (κ1) is 14.6. The lowest BCUT2D eigenvalue weighted by atomic mass is 9.86. The average molecular weight is 293 g/mol. The van der Waals surface area contributed by atoms with E-state index in [-0.39, 0.29) is 5.41 Å². The highest BCUT2D eigenvalue weighted by molar-refractivity contribution is 5.64. The lowest BCUT2D eigenvalue weighted by Crippen LogP contribution is -2.10. The number of imidazole rings is 1. The number of hydrogen-bond donors (Lipinski definition) is 1. The first-order valence-electron chi connectivity index (χ1n) is 7.81. The molecular formula is C19H23N3. The van der Waals surface area contributed by atoms with Gasteiger partial charge >= 0.3 is 0 Å². The molecule has 0 saturated carbocycles. The standard InChI is InChI=1S/C19H23N3/c1-5-20-16-10-11-18-21-17(13-22(18)12-16)14-6-8-15(9-7-14)19(2,3)4/h6-13,20H,5H2,1-4H3. The fraction of sp³-hybridized carbons (Fsp3) is 0.316. The van der Waals surface area contributed by atoms with Gasteiger partial charge in [-0.25, -0.2) is 4.98 Å². The molecule has 2 aromatic heterocycles. The zero-order valence-electron chi connectivity index (χ0n) is 13.7. The monoisotopic (exact) mass is 293 g/mol. The number of nitrogens with zero attached hydrogens (tertiary/aromatic N) is 2. The smallest absolute Gasteiger partial charge is 0.137 e. The van der Waals surface area contributed by atoms with Crippen LogP contribution in [0.4, 0.5) is 5.69 Å². The van der Waals surface area contributed by atoms with Crippen LogP contribution in [0.25, 0.3) is 16.9 Å². The average Bonchev–Trinajstić information content (AvgIpc) is 2.90. The van der Waals surface area contributed by atoms with E-state index >= 15 is 0 Å². The van der Waals surface area contributed by atoms with Gasteiger partial charge in [0.05, 0.1) is 11.4 Å². The molecule has 0 fully saturated rings. The minimum absolute atomic E-state index is 0.179. The Balaban J connectivity index is 1.96. The first-order valence-corrected chi connectivity index (χ1v) is 7.81. The molecule has 1 N–H and O–H groups in total. The minimum Gasteiger partial charge on any atom is -0.384 e. The van der Waals surface area contributed by atoms with Gasteiger partial charge in [0, 0.05) is 24.5 Å². The van der Waals surface area contributed by atoms with Gasteiger partial charge in [0.15, 0.2) is 0 Å². The van der Waals surface area contributed by atoms with Crippen molar-refractivity contribution in [3.8, 4) is 11.3 Å². The zero-order chi connectivity index (χ0) is 15.7. The molecule has 0 aliphatic heterocycles. The van der Waals surface area contributed by atoms with E-state index in [0.717, 1.165) is 29.1 Å². The van der Waals surface area contributed by atoms with Crippen LogP contribution in [0.2, 0.25) is 0 Å². The number of nitrogens with one attached hydrogen (secondary N) is 1. The molecule has 0 spiro atoms. The van der Waals surface area contributed by atoms with Crippen molar-refractivity contribution in [2.45, 2.75) is 33.1 Å². The number of rotatable bonds is 3. The molecule has 0 radical (unpaired) electrons. The van der Waals surface area contributed by atoms with Gasteiger partial charge in [-0.3, -0.25) is 0 Å². The van der Waals surface area contributed by atoms with Crippen LogP contribution in [-0.4, -0.2) is 15.9 Å². The maximum atomic E-state index is 4.71. The Morgan fingerprint density at radius 2 is 1.73 bits per heavy atom. The Morgan fingerprint density at radius 1 is 1.00 bits per heavy atom. The molecule has 1 aromatic carbocycles. The molecule has 3 aromatic rings. The van der Waals surface area contributed by atoms with Crippen molar-refractivity contribution in [3.05, 3.63) is 54.4 Å². The lowest BCUT2D eigenvalue weighted by molar-refractivity contribution is 0.590. The molecule has 0 aliphatic rings. The topological polar surface area (TPSA) is 29.3 Å². The molecule has 0 bridgehead atoms. The van der Waals surface area contributed by atoms with E-state index in [4.69, 9.17) is 4.98 Å². The van der Waals surface area contributed by atoms with E-state index in [2.05, 4.69) is 80.1 Å². The van der Waals surface area contributed by atoms with Crippen LogP contribution in [-0.2, 0) is 5.41 Å². The molecule has 0 atom stereocenters. The second-order valence-electron chi connectivity index (χ2n) is 6.67. The van der Waals surface area contributed by atoms with Gasteiger partial charge < -0.3 is 9.72 Å². The maximum Gasteiger partial charge on any atom is 0.137 e. The van der Waals surface area contributed by atoms with Crippen LogP contribution < -0.4 is 5.32 Å². The number of fused-ring (bicyclic) bond motifs is 1. The molecule has 114 valence electrons. The quantitative estimate of drug-likeness (QED) is 0.756. The SMILES string of the molecule is CCNc1ccc2nc(-c3ccc(C(C)(C)C)cc3)cn2c1. The van der Waals surface area contributed by atoms with Crippen molar-refractivity contribution < 1.29 is 0 Å². The number of aromatic nitrogens is 2. The van der Waals surface area contributed by atoms with Crippen molar-refractivity contribution in [2.75, 3.05) is 11.9 Å². The van der Waals surface area contributed by atoms with Crippen molar-refractivity contribution in [3.63, 3.8) is 0 Å². The highest BCUT2D eigenvalue weighted by atomic mass is 15.0. The summed E-state index contributed by atoms with van der Waals surface area (Å²) in [6.45, 7) is 9.71. The number of benzene rings is 1. The third-order valence-corrected chi connectivity index (χ3v) is 3.88. The number of pyridine rings is 1. The lowest BCUT2D eigenvalue weighted by Gasteiger charge is -2.18. The normalized spacial score (nSPS) is 11.8. The summed E-state index contributed by atoms with van der Waals surface area (Å²) < 4.78 is 2.07. The maximum absolute atomic E-state index is 4.71. The van der Waals surface area contributed by atoms with Crippen LogP contribution in [0, 0.1) is 0 Å². The van der Waals surface area contributed by atoms with Gasteiger partial charge in [-0.15, -0.1) is 0 Å². The van der Waals surface area contributed by atoms with Crippen molar-refractivity contribution in [1.82, 2.24) is 9.38 Å². The molecule has 22 heavy (non-hydrogen) atoms. The van der Waals surface area contributed by atoms with Crippen LogP contribution in [0.3, 0.4) is 0 Å². The summed E-state index contributed by atoms with van der Waals surface area (Å²) in [6, 6.07) is 12.8. The van der Waals surface area contributed by atoms with Crippen molar-refractivity contribution >= 4 is 11.3 Å². The van der Waals surface area contributed by atoms with E-state index in [1.807, 2.05) is 6.07 Å². The molecule has 0 unspecified atom stereocenters. The first-order chi connectivity index (χ1) is 10.5. The van der Waals surface area contributed by atoms with E-state index in [9.17, 15) is 0 Å². The van der Waals surface area contributed by atoms with Gasteiger partial charge in [0.2, 0.25) is 0 Å².